The number of benzene rings is 3. The van der Waals surface area contributed by atoms with Crippen LogP contribution in [0.5, 0.6) is 0 Å². The van der Waals surface area contributed by atoms with E-state index in [-0.39, 0.29) is 11.7 Å². The lowest BCUT2D eigenvalue weighted by Crippen LogP contribution is -2.19. The summed E-state index contributed by atoms with van der Waals surface area (Å²) in [4.78, 5) is 38.1. The first-order valence-corrected chi connectivity index (χ1v) is 10.7. The number of rotatable bonds is 6. The molecule has 0 aliphatic heterocycles. The number of carbonyl (C=O) groups is 3. The molecule has 3 amide bonds. The van der Waals surface area contributed by atoms with E-state index in [2.05, 4.69) is 16.0 Å². The summed E-state index contributed by atoms with van der Waals surface area (Å²) in [7, 11) is 0. The van der Waals surface area contributed by atoms with Crippen LogP contribution in [0.3, 0.4) is 0 Å². The summed E-state index contributed by atoms with van der Waals surface area (Å²) in [6.07, 6.45) is 1.41. The van der Waals surface area contributed by atoms with E-state index < -0.39 is 11.8 Å². The molecule has 8 heteroatoms. The number of para-hydroxylation sites is 1. The Morgan fingerprint density at radius 1 is 0.735 bits per heavy atom. The highest BCUT2D eigenvalue weighted by Gasteiger charge is 2.16. The molecule has 0 fully saturated rings. The van der Waals surface area contributed by atoms with Crippen LogP contribution >= 0.6 is 11.6 Å². The average Bonchev–Trinajstić information content (AvgIpc) is 3.37. The molecule has 0 atom stereocenters. The molecule has 170 valence electrons. The molecule has 0 radical (unpaired) electrons. The van der Waals surface area contributed by atoms with Gasteiger partial charge in [0.15, 0.2) is 5.76 Å². The van der Waals surface area contributed by atoms with Crippen molar-refractivity contribution in [1.82, 2.24) is 0 Å². The van der Waals surface area contributed by atoms with Gasteiger partial charge in [-0.3, -0.25) is 14.4 Å². The normalized spacial score (nSPS) is 10.4. The minimum atomic E-state index is -0.430. The lowest BCUT2D eigenvalue weighted by atomic mass is 10.1. The monoisotopic (exact) mass is 473 g/mol. The van der Waals surface area contributed by atoms with Gasteiger partial charge in [-0.05, 0) is 73.2 Å². The predicted molar refractivity (Wildman–Crippen MR) is 132 cm³/mol. The predicted octanol–water partition coefficient (Wildman–Crippen LogP) is 6.00. The maximum absolute atomic E-state index is 13.0. The highest BCUT2D eigenvalue weighted by atomic mass is 35.5. The summed E-state index contributed by atoms with van der Waals surface area (Å²) < 4.78 is 5.11. The van der Waals surface area contributed by atoms with E-state index in [9.17, 15) is 14.4 Å². The van der Waals surface area contributed by atoms with E-state index in [4.69, 9.17) is 16.0 Å². The molecule has 1 heterocycles. The molecule has 0 aliphatic carbocycles. The van der Waals surface area contributed by atoms with Gasteiger partial charge in [0.2, 0.25) is 0 Å². The van der Waals surface area contributed by atoms with Crippen LogP contribution < -0.4 is 16.0 Å². The number of nitrogens with one attached hydrogen (secondary N) is 3. The van der Waals surface area contributed by atoms with Gasteiger partial charge in [-0.2, -0.15) is 0 Å². The molecule has 0 unspecified atom stereocenters. The van der Waals surface area contributed by atoms with Crippen molar-refractivity contribution in [3.8, 4) is 0 Å². The molecule has 34 heavy (non-hydrogen) atoms. The third-order valence-corrected chi connectivity index (χ3v) is 5.27. The van der Waals surface area contributed by atoms with Crippen molar-refractivity contribution in [1.29, 1.82) is 0 Å². The highest BCUT2D eigenvalue weighted by molar-refractivity contribution is 6.30. The van der Waals surface area contributed by atoms with Crippen LogP contribution in [0, 0.1) is 6.92 Å². The van der Waals surface area contributed by atoms with Crippen molar-refractivity contribution in [2.75, 3.05) is 16.0 Å². The molecule has 1 aromatic heterocycles. The Labute approximate surface area is 200 Å². The second kappa shape index (κ2) is 10.1. The Morgan fingerprint density at radius 2 is 1.47 bits per heavy atom. The summed E-state index contributed by atoms with van der Waals surface area (Å²) in [5.74, 6) is -1.07. The van der Waals surface area contributed by atoms with E-state index in [1.54, 1.807) is 78.9 Å². The Morgan fingerprint density at radius 3 is 2.21 bits per heavy atom. The summed E-state index contributed by atoms with van der Waals surface area (Å²) in [5, 5.41) is 8.87. The second-order valence-electron chi connectivity index (χ2n) is 7.42. The lowest BCUT2D eigenvalue weighted by Gasteiger charge is -2.13. The number of halogens is 1. The first kappa shape index (κ1) is 22.8. The van der Waals surface area contributed by atoms with E-state index in [1.807, 2.05) is 6.92 Å². The highest BCUT2D eigenvalue weighted by Crippen LogP contribution is 2.22. The molecule has 7 nitrogen and oxygen atoms in total. The van der Waals surface area contributed by atoms with Gasteiger partial charge in [0.05, 0.1) is 17.5 Å². The van der Waals surface area contributed by atoms with Crippen LogP contribution in [0.1, 0.15) is 36.8 Å². The van der Waals surface area contributed by atoms with Crippen LogP contribution in [0.25, 0.3) is 0 Å². The fraction of sp³-hybridized carbons (Fsp3) is 0.0385. The van der Waals surface area contributed by atoms with Crippen molar-refractivity contribution in [2.45, 2.75) is 6.92 Å². The van der Waals surface area contributed by atoms with Gasteiger partial charge in [0.1, 0.15) is 0 Å². The maximum atomic E-state index is 13.0. The fourth-order valence-electron chi connectivity index (χ4n) is 3.21. The number of carbonyl (C=O) groups excluding carboxylic acids is 3. The molecule has 0 aliphatic rings. The summed E-state index contributed by atoms with van der Waals surface area (Å²) >= 11 is 5.89. The second-order valence-corrected chi connectivity index (χ2v) is 7.86. The van der Waals surface area contributed by atoms with Crippen molar-refractivity contribution in [2.24, 2.45) is 0 Å². The third kappa shape index (κ3) is 5.33. The SMILES string of the molecule is Cc1ccc(C(=O)Nc2ccccc2C(=O)Nc2ccc(Cl)cc2)cc1NC(=O)c1ccco1. The molecule has 0 spiro atoms. The largest absolute Gasteiger partial charge is 0.459 e. The van der Waals surface area contributed by atoms with Crippen LogP contribution in [-0.4, -0.2) is 17.7 Å². The number of aryl methyl sites for hydroxylation is 1. The van der Waals surface area contributed by atoms with Gasteiger partial charge in [-0.1, -0.05) is 29.8 Å². The topological polar surface area (TPSA) is 100 Å². The van der Waals surface area contributed by atoms with Crippen molar-refractivity contribution in [3.63, 3.8) is 0 Å². The van der Waals surface area contributed by atoms with Crippen LogP contribution in [0.2, 0.25) is 5.02 Å². The molecule has 3 aromatic carbocycles. The van der Waals surface area contributed by atoms with Gasteiger partial charge >= 0.3 is 0 Å². The van der Waals surface area contributed by atoms with Crippen LogP contribution in [0.4, 0.5) is 17.1 Å². The first-order valence-electron chi connectivity index (χ1n) is 10.3. The van der Waals surface area contributed by atoms with Gasteiger partial charge in [0, 0.05) is 22.0 Å². The molecule has 0 saturated heterocycles. The Hall–Kier alpha value is -4.36. The Kier molecular flexibility index (Phi) is 6.75. The van der Waals surface area contributed by atoms with E-state index in [1.165, 1.54) is 6.26 Å². The molecule has 4 rings (SSSR count). The average molecular weight is 474 g/mol. The van der Waals surface area contributed by atoms with Gasteiger partial charge in [-0.15, -0.1) is 0 Å². The molecular formula is C26H20ClN3O4. The minimum Gasteiger partial charge on any atom is -0.459 e. The fourth-order valence-corrected chi connectivity index (χ4v) is 3.33. The number of anilines is 3. The van der Waals surface area contributed by atoms with Crippen LogP contribution in [0.15, 0.2) is 89.5 Å². The Balaban J connectivity index is 1.51. The zero-order valence-electron chi connectivity index (χ0n) is 18.1. The van der Waals surface area contributed by atoms with Crippen LogP contribution in [-0.2, 0) is 0 Å². The lowest BCUT2D eigenvalue weighted by molar-refractivity contribution is 0.0991. The molecule has 0 bridgehead atoms. The third-order valence-electron chi connectivity index (χ3n) is 5.01. The summed E-state index contributed by atoms with van der Waals surface area (Å²) in [6, 6.07) is 21.5. The van der Waals surface area contributed by atoms with Crippen molar-refractivity contribution in [3.05, 3.63) is 113 Å². The Bertz CT molecular complexity index is 1350. The van der Waals surface area contributed by atoms with Gasteiger partial charge in [0.25, 0.3) is 17.7 Å². The number of hydrogen-bond donors (Lipinski definition) is 3. The quantitative estimate of drug-likeness (QED) is 0.320. The smallest absolute Gasteiger partial charge is 0.291 e. The number of furan rings is 1. The van der Waals surface area contributed by atoms with Crippen molar-refractivity contribution < 1.29 is 18.8 Å². The number of amides is 3. The molecule has 4 aromatic rings. The number of hydrogen-bond acceptors (Lipinski definition) is 4. The van der Waals surface area contributed by atoms with Crippen molar-refractivity contribution >= 4 is 46.4 Å². The minimum absolute atomic E-state index is 0.162. The first-order chi connectivity index (χ1) is 16.4. The molecular weight excluding hydrogens is 454 g/mol. The van der Waals surface area contributed by atoms with Gasteiger partial charge < -0.3 is 20.4 Å². The van der Waals surface area contributed by atoms with E-state index >= 15 is 0 Å². The maximum Gasteiger partial charge on any atom is 0.291 e. The zero-order chi connectivity index (χ0) is 24.1. The standard InChI is InChI=1S/C26H20ClN3O4/c1-16-8-9-17(15-22(16)30-26(33)23-7-4-14-34-23)24(31)29-21-6-3-2-5-20(21)25(32)28-19-12-10-18(27)11-13-19/h2-15H,1H3,(H,28,32)(H,29,31)(H,30,33). The van der Waals surface area contributed by atoms with E-state index in [0.29, 0.717) is 33.2 Å². The van der Waals surface area contributed by atoms with E-state index in [0.717, 1.165) is 5.56 Å². The molecule has 0 saturated carbocycles. The zero-order valence-corrected chi connectivity index (χ0v) is 18.8. The van der Waals surface area contributed by atoms with Gasteiger partial charge in [-0.25, -0.2) is 0 Å². The summed E-state index contributed by atoms with van der Waals surface area (Å²) in [5.41, 5.74) is 2.78. The molecule has 3 N–H and O–H groups in total. The summed E-state index contributed by atoms with van der Waals surface area (Å²) in [6.45, 7) is 1.82.